The van der Waals surface area contributed by atoms with Crippen LogP contribution in [0.4, 0.5) is 8.78 Å². The van der Waals surface area contributed by atoms with Crippen molar-refractivity contribution in [2.24, 2.45) is 5.92 Å². The molecule has 152 valence electrons. The van der Waals surface area contributed by atoms with Crippen LogP contribution in [0.2, 0.25) is 0 Å². The highest BCUT2D eigenvalue weighted by atomic mass is 19.1. The zero-order valence-electron chi connectivity index (χ0n) is 16.0. The third-order valence-corrected chi connectivity index (χ3v) is 5.41. The standard InChI is InChI=1S/C22H18F2N4O2/c23-16-9-8-15(18(24)10-16)12-26-13-25-20-19(26)21(29)27(11-14-6-7-14)22(30)28(20)17-4-2-1-3-5-17/h1-5,8-10,13-14H,6-7,11-12H2. The Morgan fingerprint density at radius 2 is 1.80 bits per heavy atom. The van der Waals surface area contributed by atoms with E-state index in [2.05, 4.69) is 4.98 Å². The molecular formula is C22H18F2N4O2. The van der Waals surface area contributed by atoms with Crippen LogP contribution in [0.15, 0.2) is 64.4 Å². The minimum Gasteiger partial charge on any atom is -0.320 e. The first kappa shape index (κ1) is 18.5. The summed E-state index contributed by atoms with van der Waals surface area (Å²) in [6, 6.07) is 12.3. The van der Waals surface area contributed by atoms with Crippen molar-refractivity contribution in [2.45, 2.75) is 25.9 Å². The molecular weight excluding hydrogens is 390 g/mol. The van der Waals surface area contributed by atoms with Crippen LogP contribution in [0.1, 0.15) is 18.4 Å². The number of hydrogen-bond donors (Lipinski definition) is 0. The first-order valence-corrected chi connectivity index (χ1v) is 9.73. The normalized spacial score (nSPS) is 13.8. The average Bonchev–Trinajstić information content (AvgIpc) is 3.47. The zero-order valence-corrected chi connectivity index (χ0v) is 16.0. The van der Waals surface area contributed by atoms with E-state index in [1.807, 2.05) is 6.07 Å². The maximum Gasteiger partial charge on any atom is 0.337 e. The van der Waals surface area contributed by atoms with Gasteiger partial charge in [0.05, 0.1) is 18.6 Å². The summed E-state index contributed by atoms with van der Waals surface area (Å²) in [5, 5.41) is 0. The molecule has 1 aliphatic carbocycles. The number of para-hydroxylation sites is 1. The molecule has 0 atom stereocenters. The van der Waals surface area contributed by atoms with Crippen molar-refractivity contribution in [1.29, 1.82) is 0 Å². The van der Waals surface area contributed by atoms with Crippen LogP contribution in [-0.4, -0.2) is 18.7 Å². The number of halogens is 2. The number of imidazole rings is 1. The minimum absolute atomic E-state index is 0.00568. The lowest BCUT2D eigenvalue weighted by Gasteiger charge is -2.12. The van der Waals surface area contributed by atoms with Gasteiger partial charge in [-0.2, -0.15) is 0 Å². The Bertz CT molecular complexity index is 1370. The Kier molecular flexibility index (Phi) is 4.34. The van der Waals surface area contributed by atoms with E-state index in [1.54, 1.807) is 24.3 Å². The van der Waals surface area contributed by atoms with E-state index in [0.29, 0.717) is 18.2 Å². The van der Waals surface area contributed by atoms with Gasteiger partial charge < -0.3 is 4.57 Å². The second-order valence-electron chi connectivity index (χ2n) is 7.59. The predicted octanol–water partition coefficient (Wildman–Crippen LogP) is 3.09. The molecule has 0 saturated heterocycles. The topological polar surface area (TPSA) is 61.8 Å². The molecule has 5 rings (SSSR count). The van der Waals surface area contributed by atoms with Gasteiger partial charge in [-0.05, 0) is 37.0 Å². The van der Waals surface area contributed by atoms with E-state index in [9.17, 15) is 18.4 Å². The molecule has 0 radical (unpaired) electrons. The Balaban J connectivity index is 1.74. The summed E-state index contributed by atoms with van der Waals surface area (Å²) in [6.45, 7) is 0.338. The van der Waals surface area contributed by atoms with Gasteiger partial charge in [0.25, 0.3) is 5.56 Å². The number of rotatable bonds is 5. The lowest BCUT2D eigenvalue weighted by Crippen LogP contribution is -2.40. The molecule has 0 N–H and O–H groups in total. The summed E-state index contributed by atoms with van der Waals surface area (Å²) in [6.07, 6.45) is 3.37. The van der Waals surface area contributed by atoms with Crippen molar-refractivity contribution < 1.29 is 8.78 Å². The van der Waals surface area contributed by atoms with Crippen LogP contribution >= 0.6 is 0 Å². The molecule has 0 aliphatic heterocycles. The highest BCUT2D eigenvalue weighted by Crippen LogP contribution is 2.30. The third kappa shape index (κ3) is 3.14. The summed E-state index contributed by atoms with van der Waals surface area (Å²) in [7, 11) is 0. The van der Waals surface area contributed by atoms with Gasteiger partial charge in [-0.25, -0.2) is 23.1 Å². The number of benzene rings is 2. The molecule has 0 bridgehead atoms. The van der Waals surface area contributed by atoms with Crippen LogP contribution in [-0.2, 0) is 13.1 Å². The Hall–Kier alpha value is -3.55. The summed E-state index contributed by atoms with van der Waals surface area (Å²) in [5.74, 6) is -1.06. The second kappa shape index (κ2) is 7.05. The van der Waals surface area contributed by atoms with Crippen LogP contribution in [0.25, 0.3) is 16.9 Å². The molecule has 6 nitrogen and oxygen atoms in total. The number of nitrogens with zero attached hydrogens (tertiary/aromatic N) is 4. The van der Waals surface area contributed by atoms with Crippen molar-refractivity contribution in [3.63, 3.8) is 0 Å². The van der Waals surface area contributed by atoms with Crippen molar-refractivity contribution in [3.05, 3.63) is 92.9 Å². The SMILES string of the molecule is O=c1c2c(ncn2Cc2ccc(F)cc2F)n(-c2ccccc2)c(=O)n1CC1CC1. The first-order chi connectivity index (χ1) is 14.5. The Labute approximate surface area is 169 Å². The van der Waals surface area contributed by atoms with Crippen LogP contribution in [0.3, 0.4) is 0 Å². The summed E-state index contributed by atoms with van der Waals surface area (Å²) in [5.41, 5.74) is 0.350. The first-order valence-electron chi connectivity index (χ1n) is 9.73. The van der Waals surface area contributed by atoms with E-state index in [1.165, 1.54) is 32.2 Å². The molecule has 0 amide bonds. The minimum atomic E-state index is -0.702. The van der Waals surface area contributed by atoms with Gasteiger partial charge >= 0.3 is 5.69 Å². The van der Waals surface area contributed by atoms with E-state index in [0.717, 1.165) is 18.9 Å². The third-order valence-electron chi connectivity index (χ3n) is 5.41. The summed E-state index contributed by atoms with van der Waals surface area (Å²) >= 11 is 0. The number of fused-ring (bicyclic) bond motifs is 1. The van der Waals surface area contributed by atoms with Gasteiger partial charge in [0.2, 0.25) is 0 Å². The molecule has 1 fully saturated rings. The van der Waals surface area contributed by atoms with Gasteiger partial charge in [-0.1, -0.05) is 24.3 Å². The maximum atomic E-state index is 14.2. The van der Waals surface area contributed by atoms with Gasteiger partial charge in [0, 0.05) is 18.2 Å². The second-order valence-corrected chi connectivity index (χ2v) is 7.59. The molecule has 1 saturated carbocycles. The Morgan fingerprint density at radius 1 is 1.03 bits per heavy atom. The lowest BCUT2D eigenvalue weighted by atomic mass is 10.2. The Morgan fingerprint density at radius 3 is 2.50 bits per heavy atom. The van der Waals surface area contributed by atoms with Crippen molar-refractivity contribution >= 4 is 11.2 Å². The van der Waals surface area contributed by atoms with E-state index in [-0.39, 0.29) is 23.3 Å². The quantitative estimate of drug-likeness (QED) is 0.510. The van der Waals surface area contributed by atoms with Crippen molar-refractivity contribution in [1.82, 2.24) is 18.7 Å². The fourth-order valence-electron chi connectivity index (χ4n) is 3.66. The summed E-state index contributed by atoms with van der Waals surface area (Å²) in [4.78, 5) is 30.8. The fraction of sp³-hybridized carbons (Fsp3) is 0.227. The van der Waals surface area contributed by atoms with Crippen LogP contribution in [0.5, 0.6) is 0 Å². The predicted molar refractivity (Wildman–Crippen MR) is 108 cm³/mol. The van der Waals surface area contributed by atoms with Gasteiger partial charge in [0.1, 0.15) is 11.6 Å². The molecule has 0 spiro atoms. The molecule has 30 heavy (non-hydrogen) atoms. The fourth-order valence-corrected chi connectivity index (χ4v) is 3.66. The van der Waals surface area contributed by atoms with E-state index < -0.39 is 22.9 Å². The molecule has 2 aromatic carbocycles. The van der Waals surface area contributed by atoms with Gasteiger partial charge in [-0.15, -0.1) is 0 Å². The zero-order chi connectivity index (χ0) is 20.8. The summed E-state index contributed by atoms with van der Waals surface area (Å²) < 4.78 is 31.6. The van der Waals surface area contributed by atoms with Gasteiger partial charge in [-0.3, -0.25) is 9.36 Å². The van der Waals surface area contributed by atoms with Gasteiger partial charge in [0.15, 0.2) is 11.2 Å². The smallest absolute Gasteiger partial charge is 0.320 e. The molecule has 4 aromatic rings. The molecule has 8 heteroatoms. The van der Waals surface area contributed by atoms with Crippen molar-refractivity contribution in [3.8, 4) is 5.69 Å². The maximum absolute atomic E-state index is 14.2. The monoisotopic (exact) mass is 408 g/mol. The van der Waals surface area contributed by atoms with Crippen LogP contribution < -0.4 is 11.2 Å². The molecule has 1 aliphatic rings. The van der Waals surface area contributed by atoms with Crippen LogP contribution in [0, 0.1) is 17.6 Å². The largest absolute Gasteiger partial charge is 0.337 e. The number of aromatic nitrogens is 4. The van der Waals surface area contributed by atoms with E-state index >= 15 is 0 Å². The van der Waals surface area contributed by atoms with E-state index in [4.69, 9.17) is 0 Å². The molecule has 0 unspecified atom stereocenters. The lowest BCUT2D eigenvalue weighted by molar-refractivity contribution is 0.562. The van der Waals surface area contributed by atoms with Crippen molar-refractivity contribution in [2.75, 3.05) is 0 Å². The number of hydrogen-bond acceptors (Lipinski definition) is 3. The highest BCUT2D eigenvalue weighted by Gasteiger charge is 2.26. The molecule has 2 heterocycles. The highest BCUT2D eigenvalue weighted by molar-refractivity contribution is 5.72. The average molecular weight is 408 g/mol. The molecule has 2 aromatic heterocycles.